The standard InChI is InChI=1S/C16H18N2OS/c1-11-4-9-14(16(17)20)15(10-11)18(2)12-5-7-13(19-3)8-6-12/h4-10H,1-3H3,(H2,17,20). The van der Waals surface area contributed by atoms with Gasteiger partial charge in [-0.25, -0.2) is 0 Å². The Balaban J connectivity index is 2.43. The molecule has 2 aromatic carbocycles. The Morgan fingerprint density at radius 2 is 1.80 bits per heavy atom. The van der Waals surface area contributed by atoms with E-state index in [0.717, 1.165) is 22.7 Å². The number of ether oxygens (including phenoxy) is 1. The lowest BCUT2D eigenvalue weighted by atomic mass is 10.1. The van der Waals surface area contributed by atoms with Crippen molar-refractivity contribution in [3.63, 3.8) is 0 Å². The summed E-state index contributed by atoms with van der Waals surface area (Å²) >= 11 is 5.13. The first-order chi connectivity index (χ1) is 9.52. The van der Waals surface area contributed by atoms with E-state index < -0.39 is 0 Å². The van der Waals surface area contributed by atoms with Gasteiger partial charge in [-0.2, -0.15) is 0 Å². The van der Waals surface area contributed by atoms with Gasteiger partial charge in [0.2, 0.25) is 0 Å². The van der Waals surface area contributed by atoms with Gasteiger partial charge in [0.05, 0.1) is 12.8 Å². The Hall–Kier alpha value is -2.07. The maximum Gasteiger partial charge on any atom is 0.119 e. The molecule has 4 heteroatoms. The summed E-state index contributed by atoms with van der Waals surface area (Å²) in [6.07, 6.45) is 0. The molecule has 0 saturated heterocycles. The quantitative estimate of drug-likeness (QED) is 0.874. The monoisotopic (exact) mass is 286 g/mol. The number of thiocarbonyl (C=S) groups is 1. The van der Waals surface area contributed by atoms with Crippen LogP contribution in [0.4, 0.5) is 11.4 Å². The van der Waals surface area contributed by atoms with Crippen LogP contribution in [0.15, 0.2) is 42.5 Å². The predicted molar refractivity (Wildman–Crippen MR) is 88.1 cm³/mol. The number of rotatable bonds is 4. The number of anilines is 2. The number of aryl methyl sites for hydroxylation is 1. The second-order valence-electron chi connectivity index (χ2n) is 4.64. The third-order valence-electron chi connectivity index (χ3n) is 3.24. The number of methoxy groups -OCH3 is 1. The van der Waals surface area contributed by atoms with Crippen molar-refractivity contribution in [3.8, 4) is 5.75 Å². The molecule has 0 bridgehead atoms. The molecule has 0 radical (unpaired) electrons. The Labute approximate surface area is 125 Å². The van der Waals surface area contributed by atoms with E-state index in [1.165, 1.54) is 5.56 Å². The average Bonchev–Trinajstić information content (AvgIpc) is 2.46. The molecule has 0 aliphatic carbocycles. The summed E-state index contributed by atoms with van der Waals surface area (Å²) < 4.78 is 5.18. The molecule has 0 aliphatic heterocycles. The molecule has 0 aliphatic rings. The summed E-state index contributed by atoms with van der Waals surface area (Å²) in [6.45, 7) is 2.05. The van der Waals surface area contributed by atoms with Crippen LogP contribution in [0.5, 0.6) is 5.75 Å². The third kappa shape index (κ3) is 2.91. The molecule has 2 N–H and O–H groups in total. The van der Waals surface area contributed by atoms with E-state index >= 15 is 0 Å². The highest BCUT2D eigenvalue weighted by atomic mass is 32.1. The topological polar surface area (TPSA) is 38.5 Å². The van der Waals surface area contributed by atoms with Crippen LogP contribution >= 0.6 is 12.2 Å². The molecule has 0 aromatic heterocycles. The minimum Gasteiger partial charge on any atom is -0.497 e. The van der Waals surface area contributed by atoms with Crippen molar-refractivity contribution in [1.29, 1.82) is 0 Å². The SMILES string of the molecule is COc1ccc(N(C)c2cc(C)ccc2C(N)=S)cc1. The second-order valence-corrected chi connectivity index (χ2v) is 5.08. The third-order valence-corrected chi connectivity index (χ3v) is 3.46. The molecule has 3 nitrogen and oxygen atoms in total. The highest BCUT2D eigenvalue weighted by molar-refractivity contribution is 7.80. The van der Waals surface area contributed by atoms with Gasteiger partial charge in [-0.05, 0) is 48.9 Å². The molecule has 0 fully saturated rings. The first-order valence-electron chi connectivity index (χ1n) is 6.31. The van der Waals surface area contributed by atoms with Gasteiger partial charge in [0.15, 0.2) is 0 Å². The molecule has 104 valence electrons. The van der Waals surface area contributed by atoms with Gasteiger partial charge in [0.1, 0.15) is 10.7 Å². The van der Waals surface area contributed by atoms with Gasteiger partial charge < -0.3 is 15.4 Å². The van der Waals surface area contributed by atoms with Crippen molar-refractivity contribution in [1.82, 2.24) is 0 Å². The number of benzene rings is 2. The van der Waals surface area contributed by atoms with Crippen LogP contribution in [0.3, 0.4) is 0 Å². The highest BCUT2D eigenvalue weighted by Crippen LogP contribution is 2.29. The minimum absolute atomic E-state index is 0.403. The largest absolute Gasteiger partial charge is 0.497 e. The average molecular weight is 286 g/mol. The summed E-state index contributed by atoms with van der Waals surface area (Å²) in [5, 5.41) is 0. The van der Waals surface area contributed by atoms with E-state index in [-0.39, 0.29) is 0 Å². The summed E-state index contributed by atoms with van der Waals surface area (Å²) in [5.41, 5.74) is 9.91. The normalized spacial score (nSPS) is 10.2. The summed E-state index contributed by atoms with van der Waals surface area (Å²) in [5.74, 6) is 0.834. The van der Waals surface area contributed by atoms with Crippen LogP contribution in [0.2, 0.25) is 0 Å². The van der Waals surface area contributed by atoms with Crippen LogP contribution in [0.25, 0.3) is 0 Å². The zero-order chi connectivity index (χ0) is 14.7. The van der Waals surface area contributed by atoms with Crippen molar-refractivity contribution >= 4 is 28.6 Å². The Morgan fingerprint density at radius 3 is 2.35 bits per heavy atom. The fourth-order valence-electron chi connectivity index (χ4n) is 2.07. The van der Waals surface area contributed by atoms with Crippen molar-refractivity contribution in [3.05, 3.63) is 53.6 Å². The molecular weight excluding hydrogens is 268 g/mol. The van der Waals surface area contributed by atoms with Crippen LogP contribution < -0.4 is 15.4 Å². The molecule has 0 spiro atoms. The van der Waals surface area contributed by atoms with E-state index in [1.54, 1.807) is 7.11 Å². The Kier molecular flexibility index (Phi) is 4.25. The van der Waals surface area contributed by atoms with Crippen molar-refractivity contribution in [2.45, 2.75) is 6.92 Å². The van der Waals surface area contributed by atoms with Gasteiger partial charge >= 0.3 is 0 Å². The molecule has 0 saturated carbocycles. The molecule has 0 amide bonds. The molecule has 2 aromatic rings. The second kappa shape index (κ2) is 5.92. The lowest BCUT2D eigenvalue weighted by Crippen LogP contribution is -2.17. The van der Waals surface area contributed by atoms with E-state index in [9.17, 15) is 0 Å². The lowest BCUT2D eigenvalue weighted by Gasteiger charge is -2.23. The van der Waals surface area contributed by atoms with Crippen molar-refractivity contribution < 1.29 is 4.74 Å². The zero-order valence-corrected chi connectivity index (χ0v) is 12.7. The van der Waals surface area contributed by atoms with Gasteiger partial charge in [0, 0.05) is 18.3 Å². The first kappa shape index (κ1) is 14.3. The van der Waals surface area contributed by atoms with Crippen LogP contribution in [0.1, 0.15) is 11.1 Å². The van der Waals surface area contributed by atoms with Crippen molar-refractivity contribution in [2.24, 2.45) is 5.73 Å². The fraction of sp³-hybridized carbons (Fsp3) is 0.188. The maximum atomic E-state index is 5.81. The maximum absolute atomic E-state index is 5.81. The van der Waals surface area contributed by atoms with E-state index in [1.807, 2.05) is 43.4 Å². The van der Waals surface area contributed by atoms with Gasteiger partial charge in [-0.1, -0.05) is 18.3 Å². The number of nitrogens with zero attached hydrogens (tertiary/aromatic N) is 1. The Morgan fingerprint density at radius 1 is 1.15 bits per heavy atom. The molecule has 0 heterocycles. The predicted octanol–water partition coefficient (Wildman–Crippen LogP) is 3.41. The van der Waals surface area contributed by atoms with E-state index in [2.05, 4.69) is 17.9 Å². The molecule has 0 atom stereocenters. The van der Waals surface area contributed by atoms with Crippen LogP contribution in [-0.2, 0) is 0 Å². The fourth-order valence-corrected chi connectivity index (χ4v) is 2.25. The van der Waals surface area contributed by atoms with Crippen LogP contribution in [0, 0.1) is 6.92 Å². The molecule has 20 heavy (non-hydrogen) atoms. The van der Waals surface area contributed by atoms with Crippen molar-refractivity contribution in [2.75, 3.05) is 19.1 Å². The van der Waals surface area contributed by atoms with E-state index in [0.29, 0.717) is 4.99 Å². The highest BCUT2D eigenvalue weighted by Gasteiger charge is 2.11. The zero-order valence-electron chi connectivity index (χ0n) is 11.9. The van der Waals surface area contributed by atoms with Gasteiger partial charge in [-0.3, -0.25) is 0 Å². The Bertz CT molecular complexity index is 623. The first-order valence-corrected chi connectivity index (χ1v) is 6.72. The lowest BCUT2D eigenvalue weighted by molar-refractivity contribution is 0.415. The minimum atomic E-state index is 0.403. The summed E-state index contributed by atoms with van der Waals surface area (Å²) in [6, 6.07) is 13.9. The smallest absolute Gasteiger partial charge is 0.119 e. The van der Waals surface area contributed by atoms with Gasteiger partial charge in [-0.15, -0.1) is 0 Å². The molecule has 2 rings (SSSR count). The number of hydrogen-bond acceptors (Lipinski definition) is 3. The number of nitrogens with two attached hydrogens (primary N) is 1. The van der Waals surface area contributed by atoms with Crippen LogP contribution in [-0.4, -0.2) is 19.1 Å². The summed E-state index contributed by atoms with van der Waals surface area (Å²) in [4.78, 5) is 2.47. The summed E-state index contributed by atoms with van der Waals surface area (Å²) in [7, 11) is 3.66. The molecule has 0 unspecified atom stereocenters. The van der Waals surface area contributed by atoms with E-state index in [4.69, 9.17) is 22.7 Å². The molecular formula is C16H18N2OS. The number of hydrogen-bond donors (Lipinski definition) is 1. The van der Waals surface area contributed by atoms with Gasteiger partial charge in [0.25, 0.3) is 0 Å².